The van der Waals surface area contributed by atoms with Crippen molar-refractivity contribution in [3.8, 4) is 5.75 Å². The average molecular weight is 309 g/mol. The van der Waals surface area contributed by atoms with E-state index in [9.17, 15) is 5.11 Å². The number of methoxy groups -OCH3 is 1. The number of hydrogen-bond acceptors (Lipinski definition) is 5. The summed E-state index contributed by atoms with van der Waals surface area (Å²) in [6.07, 6.45) is 0.852. The zero-order valence-electron chi connectivity index (χ0n) is 12.9. The first-order valence-electron chi connectivity index (χ1n) is 7.00. The number of aliphatic hydroxyl groups is 1. The van der Waals surface area contributed by atoms with Crippen LogP contribution in [0.15, 0.2) is 23.4 Å². The Morgan fingerprint density at radius 2 is 2.29 bits per heavy atom. The van der Waals surface area contributed by atoms with Gasteiger partial charge in [0.15, 0.2) is 5.16 Å². The summed E-state index contributed by atoms with van der Waals surface area (Å²) in [6, 6.07) is 5.80. The highest BCUT2D eigenvalue weighted by Gasteiger charge is 2.24. The van der Waals surface area contributed by atoms with Gasteiger partial charge in [-0.3, -0.25) is 0 Å². The molecule has 0 aliphatic rings. The predicted octanol–water partition coefficient (Wildman–Crippen LogP) is 2.41. The molecule has 2 rings (SSSR count). The van der Waals surface area contributed by atoms with Crippen LogP contribution in [0, 0.1) is 0 Å². The number of fused-ring (bicyclic) bond motifs is 1. The molecule has 1 aromatic carbocycles. The van der Waals surface area contributed by atoms with E-state index in [-0.39, 0.29) is 12.1 Å². The summed E-state index contributed by atoms with van der Waals surface area (Å²) in [5.74, 6) is 0.818. The van der Waals surface area contributed by atoms with Crippen molar-refractivity contribution in [2.24, 2.45) is 0 Å². The monoisotopic (exact) mass is 309 g/mol. The highest BCUT2D eigenvalue weighted by molar-refractivity contribution is 7.99. The minimum absolute atomic E-state index is 0.117. The maximum atomic E-state index is 9.46. The fourth-order valence-electron chi connectivity index (χ4n) is 2.26. The van der Waals surface area contributed by atoms with Crippen LogP contribution in [-0.2, 0) is 0 Å². The number of aromatic amines is 1. The molecule has 21 heavy (non-hydrogen) atoms. The Morgan fingerprint density at radius 3 is 2.90 bits per heavy atom. The van der Waals surface area contributed by atoms with Gasteiger partial charge in [-0.2, -0.15) is 0 Å². The van der Waals surface area contributed by atoms with E-state index < -0.39 is 0 Å². The Kier molecular flexibility index (Phi) is 5.13. The molecule has 6 heteroatoms. The van der Waals surface area contributed by atoms with E-state index >= 15 is 0 Å². The highest BCUT2D eigenvalue weighted by Crippen LogP contribution is 2.29. The largest absolute Gasteiger partial charge is 0.497 e. The second-order valence-corrected chi connectivity index (χ2v) is 6.95. The van der Waals surface area contributed by atoms with E-state index in [2.05, 4.69) is 22.2 Å². The topological polar surface area (TPSA) is 70.2 Å². The number of likely N-dealkylation sites (N-methyl/N-ethyl adjacent to an activating group) is 1. The fraction of sp³-hybridized carbons (Fsp3) is 0.533. The average Bonchev–Trinajstić information content (AvgIpc) is 2.87. The minimum atomic E-state index is -0.262. The van der Waals surface area contributed by atoms with Crippen LogP contribution in [0.3, 0.4) is 0 Å². The Labute approximate surface area is 129 Å². The molecule has 0 saturated carbocycles. The van der Waals surface area contributed by atoms with Crippen molar-refractivity contribution in [1.82, 2.24) is 15.3 Å². The lowest BCUT2D eigenvalue weighted by atomic mass is 9.98. The molecule has 1 heterocycles. The van der Waals surface area contributed by atoms with Crippen LogP contribution in [0.4, 0.5) is 0 Å². The maximum absolute atomic E-state index is 9.46. The first-order chi connectivity index (χ1) is 9.99. The van der Waals surface area contributed by atoms with Crippen LogP contribution < -0.4 is 10.1 Å². The molecule has 5 nitrogen and oxygen atoms in total. The van der Waals surface area contributed by atoms with Crippen LogP contribution >= 0.6 is 11.8 Å². The number of rotatable bonds is 7. The van der Waals surface area contributed by atoms with E-state index in [1.54, 1.807) is 18.9 Å². The number of ether oxygens (including phenoxy) is 1. The lowest BCUT2D eigenvalue weighted by Crippen LogP contribution is -2.45. The minimum Gasteiger partial charge on any atom is -0.497 e. The Balaban J connectivity index is 2.09. The molecule has 0 aliphatic carbocycles. The quantitative estimate of drug-likeness (QED) is 0.685. The van der Waals surface area contributed by atoms with Crippen molar-refractivity contribution in [2.45, 2.75) is 36.2 Å². The Bertz CT molecular complexity index is 596. The number of aliphatic hydroxyl groups excluding tert-OH is 1. The highest BCUT2D eigenvalue weighted by atomic mass is 32.2. The van der Waals surface area contributed by atoms with Crippen molar-refractivity contribution in [1.29, 1.82) is 0 Å². The second kappa shape index (κ2) is 6.68. The van der Waals surface area contributed by atoms with Gasteiger partial charge in [0.2, 0.25) is 0 Å². The second-order valence-electron chi connectivity index (χ2n) is 5.53. The molecule has 0 radical (unpaired) electrons. The molecule has 116 valence electrons. The molecular formula is C15H23N3O2S. The molecule has 0 saturated heterocycles. The third kappa shape index (κ3) is 3.90. The molecule has 1 aromatic heterocycles. The summed E-state index contributed by atoms with van der Waals surface area (Å²) in [4.78, 5) is 7.89. The van der Waals surface area contributed by atoms with Crippen molar-refractivity contribution in [3.05, 3.63) is 18.2 Å². The van der Waals surface area contributed by atoms with E-state index in [4.69, 9.17) is 4.74 Å². The van der Waals surface area contributed by atoms with E-state index in [0.29, 0.717) is 5.25 Å². The predicted molar refractivity (Wildman–Crippen MR) is 87.1 cm³/mol. The lowest BCUT2D eigenvalue weighted by molar-refractivity contribution is 0.174. The van der Waals surface area contributed by atoms with Gasteiger partial charge in [0.1, 0.15) is 5.75 Å². The van der Waals surface area contributed by atoms with Crippen LogP contribution in [0.2, 0.25) is 0 Å². The van der Waals surface area contributed by atoms with Gasteiger partial charge >= 0.3 is 0 Å². The smallest absolute Gasteiger partial charge is 0.166 e. The summed E-state index contributed by atoms with van der Waals surface area (Å²) in [7, 11) is 3.53. The van der Waals surface area contributed by atoms with E-state index in [1.165, 1.54) is 0 Å². The Hall–Kier alpha value is -1.24. The van der Waals surface area contributed by atoms with Crippen LogP contribution in [0.25, 0.3) is 11.0 Å². The number of H-pyrrole nitrogens is 1. The summed E-state index contributed by atoms with van der Waals surface area (Å²) in [6.45, 7) is 4.28. The Morgan fingerprint density at radius 1 is 1.52 bits per heavy atom. The van der Waals surface area contributed by atoms with Gasteiger partial charge in [-0.1, -0.05) is 18.7 Å². The molecule has 0 fully saturated rings. The fourth-order valence-corrected chi connectivity index (χ4v) is 3.41. The zero-order chi connectivity index (χ0) is 15.5. The molecule has 0 aliphatic heterocycles. The molecule has 2 aromatic rings. The van der Waals surface area contributed by atoms with E-state index in [0.717, 1.165) is 28.4 Å². The third-order valence-corrected chi connectivity index (χ3v) is 4.66. The molecule has 0 amide bonds. The number of nitrogens with zero attached hydrogens (tertiary/aromatic N) is 1. The number of thioether (sulfide) groups is 1. The third-order valence-electron chi connectivity index (χ3n) is 3.67. The number of aromatic nitrogens is 2. The lowest BCUT2D eigenvalue weighted by Gasteiger charge is -2.29. The van der Waals surface area contributed by atoms with Crippen molar-refractivity contribution < 1.29 is 9.84 Å². The van der Waals surface area contributed by atoms with Gasteiger partial charge in [0, 0.05) is 16.9 Å². The zero-order valence-corrected chi connectivity index (χ0v) is 13.8. The summed E-state index contributed by atoms with van der Waals surface area (Å²) in [5, 5.41) is 13.9. The molecule has 0 bridgehead atoms. The summed E-state index contributed by atoms with van der Waals surface area (Å²) in [5.41, 5.74) is 1.65. The molecule has 0 spiro atoms. The van der Waals surface area contributed by atoms with Gasteiger partial charge in [-0.05, 0) is 32.5 Å². The van der Waals surface area contributed by atoms with Gasteiger partial charge < -0.3 is 20.1 Å². The van der Waals surface area contributed by atoms with Gasteiger partial charge in [0.25, 0.3) is 0 Å². The van der Waals surface area contributed by atoms with Gasteiger partial charge in [-0.15, -0.1) is 0 Å². The van der Waals surface area contributed by atoms with Crippen molar-refractivity contribution in [2.75, 3.05) is 20.8 Å². The SMILES string of the molecule is CNC(C)(CO)CC(C)Sc1nc2ccc(OC)cc2[nH]1. The van der Waals surface area contributed by atoms with Crippen molar-refractivity contribution >= 4 is 22.8 Å². The van der Waals surface area contributed by atoms with Crippen LogP contribution in [-0.4, -0.2) is 46.6 Å². The number of benzene rings is 1. The first kappa shape index (κ1) is 16.1. The van der Waals surface area contributed by atoms with E-state index in [1.807, 2.05) is 32.2 Å². The molecule has 2 unspecified atom stereocenters. The first-order valence-corrected chi connectivity index (χ1v) is 7.88. The molecule has 2 atom stereocenters. The maximum Gasteiger partial charge on any atom is 0.166 e. The normalized spacial score (nSPS) is 15.9. The van der Waals surface area contributed by atoms with Gasteiger partial charge in [-0.25, -0.2) is 4.98 Å². The number of hydrogen-bond donors (Lipinski definition) is 3. The number of imidazole rings is 1. The molecule has 3 N–H and O–H groups in total. The van der Waals surface area contributed by atoms with Gasteiger partial charge in [0.05, 0.1) is 24.8 Å². The van der Waals surface area contributed by atoms with Crippen LogP contribution in [0.5, 0.6) is 5.75 Å². The van der Waals surface area contributed by atoms with Crippen LogP contribution in [0.1, 0.15) is 20.3 Å². The molecular weight excluding hydrogens is 286 g/mol. The summed E-state index contributed by atoms with van der Waals surface area (Å²) >= 11 is 1.68. The number of nitrogens with one attached hydrogen (secondary N) is 2. The standard InChI is InChI=1S/C15H23N3O2S/c1-10(8-15(2,9-19)16-3)21-14-17-12-6-5-11(20-4)7-13(12)18-14/h5-7,10,16,19H,8-9H2,1-4H3,(H,17,18). The summed E-state index contributed by atoms with van der Waals surface area (Å²) < 4.78 is 5.22. The van der Waals surface area contributed by atoms with Crippen molar-refractivity contribution in [3.63, 3.8) is 0 Å².